The molecule has 1 aromatic rings. The smallest absolute Gasteiger partial charge is 0.309 e. The maximum atomic E-state index is 10.8. The molecule has 15 heavy (non-hydrogen) atoms. The molecule has 0 unspecified atom stereocenters. The van der Waals surface area contributed by atoms with Crippen LogP contribution in [0.5, 0.6) is 0 Å². The number of hydrogen-bond acceptors (Lipinski definition) is 4. The van der Waals surface area contributed by atoms with Crippen LogP contribution in [0.3, 0.4) is 0 Å². The number of benzene rings is 1. The molecule has 0 aliphatic heterocycles. The van der Waals surface area contributed by atoms with E-state index in [1.807, 2.05) is 12.1 Å². The number of para-hydroxylation sites is 1. The summed E-state index contributed by atoms with van der Waals surface area (Å²) in [6.07, 6.45) is 3.67. The molecule has 0 aliphatic carbocycles. The number of esters is 1. The van der Waals surface area contributed by atoms with Gasteiger partial charge in [0.05, 0.1) is 24.9 Å². The first-order valence-electron chi connectivity index (χ1n) is 4.52. The molecule has 1 rings (SSSR count). The number of carbonyl (C=O) groups excluding carboxylic acids is 1. The molecule has 0 amide bonds. The van der Waals surface area contributed by atoms with Crippen molar-refractivity contribution in [1.82, 2.24) is 0 Å². The van der Waals surface area contributed by atoms with Gasteiger partial charge in [-0.2, -0.15) is 0 Å². The lowest BCUT2D eigenvalue weighted by atomic mass is 10.1. The molecule has 0 heterocycles. The quantitative estimate of drug-likeness (QED) is 0.579. The highest BCUT2D eigenvalue weighted by Crippen LogP contribution is 2.20. The molecule has 0 atom stereocenters. The van der Waals surface area contributed by atoms with Crippen molar-refractivity contribution >= 4 is 23.4 Å². The van der Waals surface area contributed by atoms with Gasteiger partial charge in [-0.3, -0.25) is 4.79 Å². The van der Waals surface area contributed by atoms with E-state index in [2.05, 4.69) is 4.74 Å². The lowest BCUT2D eigenvalue weighted by Gasteiger charge is -2.02. The molecule has 0 aromatic heterocycles. The van der Waals surface area contributed by atoms with E-state index in [1.54, 1.807) is 18.2 Å². The minimum Gasteiger partial charge on any atom is -0.469 e. The Bertz CT molecular complexity index is 386. The van der Waals surface area contributed by atoms with Crippen LogP contribution in [0, 0.1) is 0 Å². The Balaban J connectivity index is 2.72. The third-order valence-electron chi connectivity index (χ3n) is 1.98. The zero-order valence-electron chi connectivity index (χ0n) is 8.57. The van der Waals surface area contributed by atoms with E-state index in [0.29, 0.717) is 11.4 Å². The normalized spacial score (nSPS) is 10.5. The molecule has 0 bridgehead atoms. The van der Waals surface area contributed by atoms with Crippen molar-refractivity contribution in [3.8, 4) is 0 Å². The van der Waals surface area contributed by atoms with E-state index in [-0.39, 0.29) is 12.4 Å². The van der Waals surface area contributed by atoms with Gasteiger partial charge in [0.25, 0.3) is 0 Å². The van der Waals surface area contributed by atoms with E-state index in [1.165, 1.54) is 7.11 Å². The van der Waals surface area contributed by atoms with Crippen LogP contribution in [0.25, 0.3) is 6.08 Å². The highest BCUT2D eigenvalue weighted by atomic mass is 16.5. The average Bonchev–Trinajstić information content (AvgIpc) is 2.24. The summed E-state index contributed by atoms with van der Waals surface area (Å²) in [6, 6.07) is 5.37. The Morgan fingerprint density at radius 2 is 2.20 bits per heavy atom. The van der Waals surface area contributed by atoms with Crippen molar-refractivity contribution in [3.63, 3.8) is 0 Å². The predicted molar refractivity (Wildman–Crippen MR) is 60.9 cm³/mol. The minimum atomic E-state index is -0.284. The number of ether oxygens (including phenoxy) is 1. The van der Waals surface area contributed by atoms with Crippen LogP contribution in [0.4, 0.5) is 11.4 Å². The molecule has 0 saturated heterocycles. The maximum absolute atomic E-state index is 10.8. The Morgan fingerprint density at radius 1 is 1.47 bits per heavy atom. The van der Waals surface area contributed by atoms with E-state index >= 15 is 0 Å². The maximum Gasteiger partial charge on any atom is 0.309 e. The molecule has 4 N–H and O–H groups in total. The summed E-state index contributed by atoms with van der Waals surface area (Å²) in [6.45, 7) is 0. The van der Waals surface area contributed by atoms with Crippen molar-refractivity contribution in [3.05, 3.63) is 29.8 Å². The van der Waals surface area contributed by atoms with Gasteiger partial charge in [-0.05, 0) is 11.6 Å². The number of nitrogens with two attached hydrogens (primary N) is 2. The fourth-order valence-corrected chi connectivity index (χ4v) is 1.11. The van der Waals surface area contributed by atoms with Crippen molar-refractivity contribution in [2.24, 2.45) is 0 Å². The van der Waals surface area contributed by atoms with Gasteiger partial charge in [0.15, 0.2) is 0 Å². The van der Waals surface area contributed by atoms with Crippen LogP contribution in [0.15, 0.2) is 24.3 Å². The molecule has 4 heteroatoms. The minimum absolute atomic E-state index is 0.227. The zero-order chi connectivity index (χ0) is 11.3. The van der Waals surface area contributed by atoms with E-state index in [0.717, 1.165) is 5.56 Å². The number of nitrogen functional groups attached to an aromatic ring is 2. The first kappa shape index (κ1) is 11.1. The highest BCUT2D eigenvalue weighted by molar-refractivity contribution is 5.77. The van der Waals surface area contributed by atoms with Crippen molar-refractivity contribution in [1.29, 1.82) is 0 Å². The molecule has 0 spiro atoms. The second-order valence-corrected chi connectivity index (χ2v) is 3.03. The molecule has 0 saturated carbocycles. The number of rotatable bonds is 3. The molecule has 1 aromatic carbocycles. The molecule has 0 fully saturated rings. The monoisotopic (exact) mass is 206 g/mol. The van der Waals surface area contributed by atoms with Gasteiger partial charge in [-0.25, -0.2) is 0 Å². The molecule has 0 radical (unpaired) electrons. The largest absolute Gasteiger partial charge is 0.469 e. The standard InChI is InChI=1S/C11H14N2O2/c1-15-10(14)7-3-5-8-4-2-6-9(12)11(8)13/h2-6H,7,12-13H2,1H3. The predicted octanol–water partition coefficient (Wildman–Crippen LogP) is 1.43. The second kappa shape index (κ2) is 5.05. The summed E-state index contributed by atoms with van der Waals surface area (Å²) < 4.78 is 4.50. The van der Waals surface area contributed by atoms with Gasteiger partial charge in [0.2, 0.25) is 0 Å². The Labute approximate surface area is 88.5 Å². The second-order valence-electron chi connectivity index (χ2n) is 3.03. The van der Waals surface area contributed by atoms with Crippen molar-refractivity contribution < 1.29 is 9.53 Å². The number of methoxy groups -OCH3 is 1. The lowest BCUT2D eigenvalue weighted by Crippen LogP contribution is -1.98. The Hall–Kier alpha value is -1.97. The summed E-state index contributed by atoms with van der Waals surface area (Å²) in [5, 5.41) is 0. The van der Waals surface area contributed by atoms with E-state index in [4.69, 9.17) is 11.5 Å². The topological polar surface area (TPSA) is 78.3 Å². The molecular weight excluding hydrogens is 192 g/mol. The summed E-state index contributed by atoms with van der Waals surface area (Å²) in [4.78, 5) is 10.8. The van der Waals surface area contributed by atoms with Crippen LogP contribution in [0.2, 0.25) is 0 Å². The molecular formula is C11H14N2O2. The fourth-order valence-electron chi connectivity index (χ4n) is 1.11. The van der Waals surface area contributed by atoms with Crippen LogP contribution < -0.4 is 11.5 Å². The summed E-state index contributed by atoms with van der Waals surface area (Å²) in [7, 11) is 1.35. The van der Waals surface area contributed by atoms with E-state index in [9.17, 15) is 4.79 Å². The summed E-state index contributed by atoms with van der Waals surface area (Å²) in [5.74, 6) is -0.284. The Kier molecular flexibility index (Phi) is 3.74. The van der Waals surface area contributed by atoms with Crippen LogP contribution in [-0.4, -0.2) is 13.1 Å². The van der Waals surface area contributed by atoms with Gasteiger partial charge >= 0.3 is 5.97 Å². The van der Waals surface area contributed by atoms with Gasteiger partial charge in [0.1, 0.15) is 0 Å². The van der Waals surface area contributed by atoms with E-state index < -0.39 is 0 Å². The van der Waals surface area contributed by atoms with Crippen molar-refractivity contribution in [2.75, 3.05) is 18.6 Å². The SMILES string of the molecule is COC(=O)CC=Cc1cccc(N)c1N. The molecule has 0 aliphatic rings. The summed E-state index contributed by atoms with van der Waals surface area (Å²) in [5.41, 5.74) is 13.2. The van der Waals surface area contributed by atoms with Crippen molar-refractivity contribution in [2.45, 2.75) is 6.42 Å². The van der Waals surface area contributed by atoms with Gasteiger partial charge < -0.3 is 16.2 Å². The average molecular weight is 206 g/mol. The third kappa shape index (κ3) is 3.02. The summed E-state index contributed by atoms with van der Waals surface area (Å²) >= 11 is 0. The molecule has 80 valence electrons. The van der Waals surface area contributed by atoms with Gasteiger partial charge in [0, 0.05) is 0 Å². The van der Waals surface area contributed by atoms with Crippen LogP contribution >= 0.6 is 0 Å². The molecule has 4 nitrogen and oxygen atoms in total. The first-order valence-corrected chi connectivity index (χ1v) is 4.52. The third-order valence-corrected chi connectivity index (χ3v) is 1.98. The lowest BCUT2D eigenvalue weighted by molar-refractivity contribution is -0.139. The zero-order valence-corrected chi connectivity index (χ0v) is 8.57. The highest BCUT2D eigenvalue weighted by Gasteiger charge is 1.99. The van der Waals surface area contributed by atoms with Gasteiger partial charge in [-0.15, -0.1) is 0 Å². The van der Waals surface area contributed by atoms with Crippen LogP contribution in [0.1, 0.15) is 12.0 Å². The van der Waals surface area contributed by atoms with Gasteiger partial charge in [-0.1, -0.05) is 24.3 Å². The number of anilines is 2. The first-order chi connectivity index (χ1) is 7.15. The number of hydrogen-bond donors (Lipinski definition) is 2. The van der Waals surface area contributed by atoms with Crippen LogP contribution in [-0.2, 0) is 9.53 Å². The Morgan fingerprint density at radius 3 is 2.87 bits per heavy atom. The number of carbonyl (C=O) groups is 1. The fraction of sp³-hybridized carbons (Fsp3) is 0.182.